The van der Waals surface area contributed by atoms with Gasteiger partial charge in [-0.2, -0.15) is 0 Å². The summed E-state index contributed by atoms with van der Waals surface area (Å²) in [5.74, 6) is -0.228. The Balaban J connectivity index is 2.46. The van der Waals surface area contributed by atoms with Gasteiger partial charge in [0.15, 0.2) is 6.61 Å². The molecule has 3 unspecified atom stereocenters. The molecule has 0 bridgehead atoms. The number of urea groups is 1. The van der Waals surface area contributed by atoms with Crippen molar-refractivity contribution < 1.29 is 19.5 Å². The van der Waals surface area contributed by atoms with Crippen molar-refractivity contribution in [3.8, 4) is 0 Å². The third-order valence-electron chi connectivity index (χ3n) is 3.21. The predicted octanol–water partition coefficient (Wildman–Crippen LogP) is 1.08. The number of nitrogens with one attached hydrogen (secondary N) is 1. The lowest BCUT2D eigenvalue weighted by atomic mass is 9.86. The van der Waals surface area contributed by atoms with E-state index in [2.05, 4.69) is 24.2 Å². The Morgan fingerprint density at radius 2 is 2.06 bits per heavy atom. The van der Waals surface area contributed by atoms with Gasteiger partial charge in [-0.15, -0.1) is 0 Å². The molecule has 0 aromatic heterocycles. The van der Waals surface area contributed by atoms with E-state index in [4.69, 9.17) is 5.11 Å². The average Bonchev–Trinajstić information content (AvgIpc) is 2.22. The molecular weight excluding hydrogens is 224 g/mol. The molecule has 1 heterocycles. The first-order valence-electron chi connectivity index (χ1n) is 5.82. The number of nitrogens with zero attached hydrogens (tertiary/aromatic N) is 1. The normalized spacial score (nSPS) is 28.9. The molecule has 1 saturated heterocycles. The van der Waals surface area contributed by atoms with E-state index in [9.17, 15) is 9.59 Å². The van der Waals surface area contributed by atoms with Crippen LogP contribution in [0.4, 0.5) is 4.79 Å². The van der Waals surface area contributed by atoms with Crippen molar-refractivity contribution in [3.05, 3.63) is 0 Å². The molecule has 2 amide bonds. The van der Waals surface area contributed by atoms with Crippen molar-refractivity contribution in [1.82, 2.24) is 10.4 Å². The van der Waals surface area contributed by atoms with Crippen LogP contribution < -0.4 is 5.48 Å². The van der Waals surface area contributed by atoms with Crippen LogP contribution in [0.15, 0.2) is 0 Å². The maximum atomic E-state index is 11.8. The van der Waals surface area contributed by atoms with Crippen LogP contribution in [-0.4, -0.2) is 41.2 Å². The van der Waals surface area contributed by atoms with Gasteiger partial charge < -0.3 is 10.0 Å². The molecule has 1 aliphatic heterocycles. The summed E-state index contributed by atoms with van der Waals surface area (Å²) in [6, 6.07) is -0.225. The molecule has 0 saturated carbocycles. The number of likely N-dealkylation sites (tertiary alicyclic amines) is 1. The highest BCUT2D eigenvalue weighted by atomic mass is 16.7. The molecule has 3 atom stereocenters. The first-order chi connectivity index (χ1) is 7.91. The van der Waals surface area contributed by atoms with Crippen LogP contribution >= 0.6 is 0 Å². The second-order valence-corrected chi connectivity index (χ2v) is 4.80. The molecule has 6 heteroatoms. The molecule has 6 nitrogen and oxygen atoms in total. The van der Waals surface area contributed by atoms with E-state index in [0.717, 1.165) is 6.42 Å². The molecule has 0 aromatic rings. The first-order valence-corrected chi connectivity index (χ1v) is 5.82. The number of carbonyl (C=O) groups is 2. The van der Waals surface area contributed by atoms with Gasteiger partial charge >= 0.3 is 12.0 Å². The van der Waals surface area contributed by atoms with Gasteiger partial charge in [-0.25, -0.2) is 15.1 Å². The maximum Gasteiger partial charge on any atom is 0.341 e. The minimum Gasteiger partial charge on any atom is -0.479 e. The Morgan fingerprint density at radius 1 is 1.41 bits per heavy atom. The molecule has 17 heavy (non-hydrogen) atoms. The van der Waals surface area contributed by atoms with Crippen molar-refractivity contribution in [3.63, 3.8) is 0 Å². The Bertz CT molecular complexity index is 295. The van der Waals surface area contributed by atoms with Crippen LogP contribution in [0.25, 0.3) is 0 Å². The van der Waals surface area contributed by atoms with Crippen molar-refractivity contribution in [2.24, 2.45) is 11.8 Å². The number of hydrogen-bond donors (Lipinski definition) is 2. The molecule has 1 rings (SSSR count). The van der Waals surface area contributed by atoms with Crippen molar-refractivity contribution >= 4 is 12.0 Å². The van der Waals surface area contributed by atoms with Gasteiger partial charge in [-0.1, -0.05) is 13.8 Å². The molecule has 0 aliphatic carbocycles. The topological polar surface area (TPSA) is 78.9 Å². The summed E-state index contributed by atoms with van der Waals surface area (Å²) in [7, 11) is 0. The highest BCUT2D eigenvalue weighted by molar-refractivity contribution is 5.74. The van der Waals surface area contributed by atoms with Crippen molar-refractivity contribution in [2.75, 3.05) is 13.2 Å². The lowest BCUT2D eigenvalue weighted by Crippen LogP contribution is -2.52. The van der Waals surface area contributed by atoms with E-state index in [-0.39, 0.29) is 12.1 Å². The summed E-state index contributed by atoms with van der Waals surface area (Å²) >= 11 is 0. The summed E-state index contributed by atoms with van der Waals surface area (Å²) < 4.78 is 0. The molecule has 1 fully saturated rings. The lowest BCUT2D eigenvalue weighted by Gasteiger charge is -2.40. The Labute approximate surface area is 101 Å². The van der Waals surface area contributed by atoms with Gasteiger partial charge in [-0.3, -0.25) is 4.84 Å². The number of amides is 2. The molecule has 1 aliphatic rings. The van der Waals surface area contributed by atoms with Crippen LogP contribution in [0.1, 0.15) is 27.2 Å². The minimum absolute atomic E-state index is 0.139. The van der Waals surface area contributed by atoms with Crippen molar-refractivity contribution in [2.45, 2.75) is 33.2 Å². The van der Waals surface area contributed by atoms with Crippen LogP contribution in [0.2, 0.25) is 0 Å². The summed E-state index contributed by atoms with van der Waals surface area (Å²) in [5, 5.41) is 8.38. The van der Waals surface area contributed by atoms with E-state index >= 15 is 0 Å². The second-order valence-electron chi connectivity index (χ2n) is 4.80. The molecular formula is C11H20N2O4. The molecule has 0 spiro atoms. The smallest absolute Gasteiger partial charge is 0.341 e. The zero-order valence-electron chi connectivity index (χ0n) is 10.5. The zero-order valence-corrected chi connectivity index (χ0v) is 10.5. The van der Waals surface area contributed by atoms with Crippen LogP contribution in [0, 0.1) is 11.8 Å². The molecule has 0 aromatic carbocycles. The fourth-order valence-corrected chi connectivity index (χ4v) is 2.20. The lowest BCUT2D eigenvalue weighted by molar-refractivity contribution is -0.144. The van der Waals surface area contributed by atoms with Crippen LogP contribution in [-0.2, 0) is 9.63 Å². The summed E-state index contributed by atoms with van der Waals surface area (Å²) in [4.78, 5) is 28.3. The summed E-state index contributed by atoms with van der Waals surface area (Å²) in [6.45, 7) is 6.35. The third-order valence-corrected chi connectivity index (χ3v) is 3.21. The zero-order chi connectivity index (χ0) is 13.0. The Hall–Kier alpha value is -1.30. The number of piperidine rings is 1. The van der Waals surface area contributed by atoms with E-state index in [0.29, 0.717) is 18.4 Å². The fraction of sp³-hybridized carbons (Fsp3) is 0.818. The number of aliphatic carboxylic acids is 1. The molecule has 98 valence electrons. The number of carboxylic acids is 1. The Morgan fingerprint density at radius 3 is 2.65 bits per heavy atom. The third kappa shape index (κ3) is 3.89. The fourth-order valence-electron chi connectivity index (χ4n) is 2.20. The monoisotopic (exact) mass is 244 g/mol. The molecule has 2 N–H and O–H groups in total. The van der Waals surface area contributed by atoms with Crippen molar-refractivity contribution in [1.29, 1.82) is 0 Å². The largest absolute Gasteiger partial charge is 0.479 e. The van der Waals surface area contributed by atoms with Crippen LogP contribution in [0.3, 0.4) is 0 Å². The Kier molecular flexibility index (Phi) is 4.74. The summed E-state index contributed by atoms with van der Waals surface area (Å²) in [5.41, 5.74) is 2.16. The van der Waals surface area contributed by atoms with E-state index < -0.39 is 12.6 Å². The number of hydrogen-bond acceptors (Lipinski definition) is 3. The standard InChI is InChI=1S/C11H20N2O4/c1-7-4-8(2)9(3)13(5-7)11(16)12-17-6-10(14)15/h7-9H,4-6H2,1-3H3,(H,12,16)(H,14,15). The van der Waals surface area contributed by atoms with E-state index in [1.165, 1.54) is 0 Å². The number of carbonyl (C=O) groups excluding carboxylic acids is 1. The van der Waals surface area contributed by atoms with Gasteiger partial charge in [0.1, 0.15) is 0 Å². The van der Waals surface area contributed by atoms with Gasteiger partial charge in [0.25, 0.3) is 0 Å². The number of hydroxylamine groups is 1. The highest BCUT2D eigenvalue weighted by Gasteiger charge is 2.31. The first kappa shape index (κ1) is 13.8. The quantitative estimate of drug-likeness (QED) is 0.728. The van der Waals surface area contributed by atoms with E-state index in [1.54, 1.807) is 4.90 Å². The minimum atomic E-state index is -1.11. The SMILES string of the molecule is CC1CC(C)C(C)N(C(=O)NOCC(=O)O)C1. The maximum absolute atomic E-state index is 11.8. The highest BCUT2D eigenvalue weighted by Crippen LogP contribution is 2.26. The van der Waals surface area contributed by atoms with E-state index in [1.807, 2.05) is 6.92 Å². The predicted molar refractivity (Wildman–Crippen MR) is 61.2 cm³/mol. The second kappa shape index (κ2) is 5.86. The average molecular weight is 244 g/mol. The van der Waals surface area contributed by atoms with Gasteiger partial charge in [0.2, 0.25) is 0 Å². The number of rotatable bonds is 3. The van der Waals surface area contributed by atoms with Gasteiger partial charge in [-0.05, 0) is 25.2 Å². The summed E-state index contributed by atoms with van der Waals surface area (Å²) in [6.07, 6.45) is 1.10. The van der Waals surface area contributed by atoms with Crippen LogP contribution in [0.5, 0.6) is 0 Å². The van der Waals surface area contributed by atoms with Gasteiger partial charge in [0.05, 0.1) is 0 Å². The molecule has 0 radical (unpaired) electrons. The van der Waals surface area contributed by atoms with Gasteiger partial charge in [0, 0.05) is 12.6 Å². The number of carboxylic acid groups (broad SMARTS) is 1.